The number of nitrogens with zero attached hydrogens (tertiary/aromatic N) is 2. The van der Waals surface area contributed by atoms with Crippen molar-refractivity contribution in [2.24, 2.45) is 7.05 Å². The molecule has 0 fully saturated rings. The molecule has 6 nitrogen and oxygen atoms in total. The Hall–Kier alpha value is -3.07. The Morgan fingerprint density at radius 1 is 1.32 bits per heavy atom. The highest BCUT2D eigenvalue weighted by Crippen LogP contribution is 2.11. The number of aromatic carboxylic acids is 1. The molecule has 1 aromatic carbocycles. The lowest BCUT2D eigenvalue weighted by Gasteiger charge is -2.01. The highest BCUT2D eigenvalue weighted by Gasteiger charge is 2.16. The van der Waals surface area contributed by atoms with Crippen molar-refractivity contribution in [2.75, 3.05) is 5.32 Å². The number of carboxylic acids is 1. The van der Waals surface area contributed by atoms with Crippen LogP contribution in [0.2, 0.25) is 0 Å². The van der Waals surface area contributed by atoms with Crippen LogP contribution in [0.25, 0.3) is 0 Å². The van der Waals surface area contributed by atoms with Gasteiger partial charge in [-0.15, -0.1) is 0 Å². The zero-order valence-electron chi connectivity index (χ0n) is 12.5. The summed E-state index contributed by atoms with van der Waals surface area (Å²) in [6.07, 6.45) is 0. The van der Waals surface area contributed by atoms with E-state index in [1.54, 1.807) is 38.2 Å². The standard InChI is InChI=1S/C16H15N3O3/c1-10-15(16(21)22)19(3)14(17-10)8-7-12-5-4-6-13(9-12)18-11(2)20/h4-6,9H,1-3H3,(H,18,20)(H,21,22). The van der Waals surface area contributed by atoms with Crippen molar-refractivity contribution in [3.05, 3.63) is 47.0 Å². The summed E-state index contributed by atoms with van der Waals surface area (Å²) in [5, 5.41) is 11.8. The van der Waals surface area contributed by atoms with Crippen LogP contribution >= 0.6 is 0 Å². The maximum Gasteiger partial charge on any atom is 0.354 e. The van der Waals surface area contributed by atoms with Gasteiger partial charge in [0.2, 0.25) is 5.91 Å². The van der Waals surface area contributed by atoms with Crippen molar-refractivity contribution < 1.29 is 14.7 Å². The summed E-state index contributed by atoms with van der Waals surface area (Å²) in [6.45, 7) is 3.06. The van der Waals surface area contributed by atoms with Crippen LogP contribution in [-0.4, -0.2) is 26.5 Å². The number of hydrogen-bond acceptors (Lipinski definition) is 3. The third kappa shape index (κ3) is 3.33. The Morgan fingerprint density at radius 2 is 2.05 bits per heavy atom. The quantitative estimate of drug-likeness (QED) is 0.828. The number of carboxylic acid groups (broad SMARTS) is 1. The first-order valence-corrected chi connectivity index (χ1v) is 6.54. The van der Waals surface area contributed by atoms with Crippen LogP contribution in [0.3, 0.4) is 0 Å². The molecule has 2 rings (SSSR count). The molecular weight excluding hydrogens is 282 g/mol. The Labute approximate surface area is 127 Å². The predicted octanol–water partition coefficient (Wildman–Crippen LogP) is 1.78. The third-order valence-corrected chi connectivity index (χ3v) is 2.97. The molecule has 1 aromatic heterocycles. The van der Waals surface area contributed by atoms with Gasteiger partial charge < -0.3 is 15.0 Å². The maximum absolute atomic E-state index is 11.1. The summed E-state index contributed by atoms with van der Waals surface area (Å²) in [6, 6.07) is 7.08. The van der Waals surface area contributed by atoms with E-state index in [1.165, 1.54) is 11.5 Å². The summed E-state index contributed by atoms with van der Waals surface area (Å²) in [5.74, 6) is 4.95. The van der Waals surface area contributed by atoms with E-state index >= 15 is 0 Å². The van der Waals surface area contributed by atoms with Crippen LogP contribution in [0.15, 0.2) is 24.3 Å². The number of hydrogen-bond donors (Lipinski definition) is 2. The molecule has 0 aliphatic heterocycles. The van der Waals surface area contributed by atoms with Gasteiger partial charge in [0.1, 0.15) is 0 Å². The number of anilines is 1. The number of nitrogens with one attached hydrogen (secondary N) is 1. The van der Waals surface area contributed by atoms with Crippen LogP contribution < -0.4 is 5.32 Å². The fraction of sp³-hybridized carbons (Fsp3) is 0.188. The Morgan fingerprint density at radius 3 is 2.64 bits per heavy atom. The summed E-state index contributed by atoms with van der Waals surface area (Å²) in [5.41, 5.74) is 1.90. The molecule has 112 valence electrons. The summed E-state index contributed by atoms with van der Waals surface area (Å²) in [7, 11) is 1.61. The maximum atomic E-state index is 11.1. The van der Waals surface area contributed by atoms with Crippen LogP contribution in [0.1, 0.15) is 34.5 Å². The lowest BCUT2D eigenvalue weighted by Crippen LogP contribution is -2.07. The number of benzene rings is 1. The second-order valence-corrected chi connectivity index (χ2v) is 4.75. The third-order valence-electron chi connectivity index (χ3n) is 2.97. The minimum absolute atomic E-state index is 0.122. The molecule has 0 aliphatic carbocycles. The van der Waals surface area contributed by atoms with E-state index in [4.69, 9.17) is 5.11 Å². The van der Waals surface area contributed by atoms with E-state index in [0.29, 0.717) is 22.8 Å². The zero-order chi connectivity index (χ0) is 16.3. The van der Waals surface area contributed by atoms with Gasteiger partial charge in [-0.25, -0.2) is 9.78 Å². The lowest BCUT2D eigenvalue weighted by atomic mass is 10.2. The largest absolute Gasteiger partial charge is 0.477 e. The Bertz CT molecular complexity index is 810. The average molecular weight is 297 g/mol. The average Bonchev–Trinajstić information content (AvgIpc) is 2.70. The second kappa shape index (κ2) is 6.14. The molecule has 0 bridgehead atoms. The number of rotatable bonds is 2. The van der Waals surface area contributed by atoms with Gasteiger partial charge >= 0.3 is 5.97 Å². The first-order valence-electron chi connectivity index (χ1n) is 6.54. The predicted molar refractivity (Wildman–Crippen MR) is 81.6 cm³/mol. The molecule has 0 spiro atoms. The number of aryl methyl sites for hydroxylation is 1. The van der Waals surface area contributed by atoms with Crippen LogP contribution in [0.5, 0.6) is 0 Å². The van der Waals surface area contributed by atoms with E-state index in [1.807, 2.05) is 0 Å². The monoisotopic (exact) mass is 297 g/mol. The van der Waals surface area contributed by atoms with Crippen LogP contribution in [0.4, 0.5) is 5.69 Å². The fourth-order valence-corrected chi connectivity index (χ4v) is 2.05. The number of aromatic nitrogens is 2. The SMILES string of the molecule is CC(=O)Nc1cccc(C#Cc2nc(C)c(C(=O)O)n2C)c1. The topological polar surface area (TPSA) is 84.2 Å². The molecule has 6 heteroatoms. The normalized spacial score (nSPS) is 9.77. The summed E-state index contributed by atoms with van der Waals surface area (Å²) < 4.78 is 1.45. The molecule has 0 aliphatic rings. The molecule has 0 radical (unpaired) electrons. The minimum atomic E-state index is -1.03. The Kier molecular flexibility index (Phi) is 4.28. The first kappa shape index (κ1) is 15.3. The highest BCUT2D eigenvalue weighted by atomic mass is 16.4. The van der Waals surface area contributed by atoms with Gasteiger partial charge in [-0.1, -0.05) is 12.0 Å². The van der Waals surface area contributed by atoms with Crippen molar-refractivity contribution in [1.82, 2.24) is 9.55 Å². The van der Waals surface area contributed by atoms with Gasteiger partial charge in [0, 0.05) is 25.2 Å². The lowest BCUT2D eigenvalue weighted by molar-refractivity contribution is -0.114. The molecule has 0 unspecified atom stereocenters. The fourth-order valence-electron chi connectivity index (χ4n) is 2.05. The van der Waals surface area contributed by atoms with E-state index < -0.39 is 5.97 Å². The van der Waals surface area contributed by atoms with Crippen LogP contribution in [0, 0.1) is 18.8 Å². The minimum Gasteiger partial charge on any atom is -0.477 e. The van der Waals surface area contributed by atoms with E-state index in [9.17, 15) is 9.59 Å². The van der Waals surface area contributed by atoms with Crippen LogP contribution in [-0.2, 0) is 11.8 Å². The van der Waals surface area contributed by atoms with Gasteiger partial charge in [-0.2, -0.15) is 0 Å². The molecule has 1 heterocycles. The molecule has 22 heavy (non-hydrogen) atoms. The van der Waals surface area contributed by atoms with E-state index in [2.05, 4.69) is 22.1 Å². The van der Waals surface area contributed by atoms with Crippen molar-refractivity contribution >= 4 is 17.6 Å². The molecule has 0 saturated heterocycles. The summed E-state index contributed by atoms with van der Waals surface area (Å²) >= 11 is 0. The highest BCUT2D eigenvalue weighted by molar-refractivity contribution is 5.89. The van der Waals surface area contributed by atoms with Gasteiger partial charge in [0.25, 0.3) is 0 Å². The number of carbonyl (C=O) groups is 2. The number of carbonyl (C=O) groups excluding carboxylic acids is 1. The number of imidazole rings is 1. The van der Waals surface area contributed by atoms with E-state index in [-0.39, 0.29) is 11.6 Å². The molecule has 2 N–H and O–H groups in total. The van der Waals surface area contributed by atoms with Gasteiger partial charge in [0.15, 0.2) is 11.5 Å². The molecule has 0 saturated carbocycles. The van der Waals surface area contributed by atoms with Crippen molar-refractivity contribution in [3.8, 4) is 11.8 Å². The smallest absolute Gasteiger partial charge is 0.354 e. The number of amides is 1. The van der Waals surface area contributed by atoms with Crippen molar-refractivity contribution in [2.45, 2.75) is 13.8 Å². The van der Waals surface area contributed by atoms with Gasteiger partial charge in [0.05, 0.1) is 5.69 Å². The molecule has 1 amide bonds. The molecular formula is C16H15N3O3. The Balaban J connectivity index is 2.33. The molecule has 0 atom stereocenters. The van der Waals surface area contributed by atoms with E-state index in [0.717, 1.165) is 0 Å². The van der Waals surface area contributed by atoms with Gasteiger partial charge in [-0.3, -0.25) is 4.79 Å². The van der Waals surface area contributed by atoms with Crippen molar-refractivity contribution in [1.29, 1.82) is 0 Å². The summed E-state index contributed by atoms with van der Waals surface area (Å²) in [4.78, 5) is 26.3. The second-order valence-electron chi connectivity index (χ2n) is 4.75. The van der Waals surface area contributed by atoms with Crippen molar-refractivity contribution in [3.63, 3.8) is 0 Å². The van der Waals surface area contributed by atoms with Gasteiger partial charge in [-0.05, 0) is 31.0 Å². The zero-order valence-corrected chi connectivity index (χ0v) is 12.5. The first-order chi connectivity index (χ1) is 10.4. The molecule has 2 aromatic rings.